The lowest BCUT2D eigenvalue weighted by atomic mass is 9.99. The lowest BCUT2D eigenvalue weighted by Crippen LogP contribution is -2.24. The van der Waals surface area contributed by atoms with Crippen molar-refractivity contribution in [3.63, 3.8) is 0 Å². The van der Waals surface area contributed by atoms with E-state index in [-0.39, 0.29) is 22.9 Å². The number of carbonyl (C=O) groups excluding carboxylic acids is 1. The van der Waals surface area contributed by atoms with Crippen LogP contribution >= 0.6 is 23.1 Å². The first-order chi connectivity index (χ1) is 17.1. The summed E-state index contributed by atoms with van der Waals surface area (Å²) in [7, 11) is 0. The summed E-state index contributed by atoms with van der Waals surface area (Å²) in [4.78, 5) is 18.3. The maximum Gasteiger partial charge on any atom is 0.245 e. The van der Waals surface area contributed by atoms with E-state index in [0.717, 1.165) is 27.4 Å². The van der Waals surface area contributed by atoms with Crippen LogP contribution in [0.25, 0.3) is 32.9 Å². The average Bonchev–Trinajstić information content (AvgIpc) is 3.53. The molecule has 3 aromatic heterocycles. The van der Waals surface area contributed by atoms with Gasteiger partial charge in [-0.2, -0.15) is 21.9 Å². The fraction of sp³-hybridized carbons (Fsp3) is 0.111. The van der Waals surface area contributed by atoms with Crippen LogP contribution in [0, 0.1) is 22.7 Å². The highest BCUT2D eigenvalue weighted by molar-refractivity contribution is 8.00. The van der Waals surface area contributed by atoms with E-state index in [1.165, 1.54) is 23.1 Å². The smallest absolute Gasteiger partial charge is 0.245 e. The Kier molecular flexibility index (Phi) is 6.00. The van der Waals surface area contributed by atoms with E-state index in [1.54, 1.807) is 4.57 Å². The van der Waals surface area contributed by atoms with Crippen molar-refractivity contribution in [1.29, 1.82) is 10.5 Å². The van der Waals surface area contributed by atoms with Gasteiger partial charge in [-0.05, 0) is 40.9 Å². The van der Waals surface area contributed by atoms with Gasteiger partial charge in [-0.1, -0.05) is 55.1 Å². The Morgan fingerprint density at radius 1 is 1.06 bits per heavy atom. The monoisotopic (exact) mass is 493 g/mol. The molecule has 0 saturated carbocycles. The summed E-state index contributed by atoms with van der Waals surface area (Å²) in [5, 5.41) is 25.4. The first-order valence-corrected chi connectivity index (χ1v) is 12.8. The van der Waals surface area contributed by atoms with Crippen molar-refractivity contribution in [2.75, 3.05) is 5.73 Å². The van der Waals surface area contributed by atoms with Crippen LogP contribution in [0.1, 0.15) is 29.3 Å². The number of rotatable bonds is 5. The molecule has 0 fully saturated rings. The second kappa shape index (κ2) is 9.27. The van der Waals surface area contributed by atoms with Crippen LogP contribution in [0.2, 0.25) is 0 Å². The molecule has 1 atom stereocenters. The minimum atomic E-state index is -0.517. The number of thioether (sulfide) groups is 1. The molecule has 170 valence electrons. The molecule has 6 nitrogen and oxygen atoms in total. The molecule has 3 heterocycles. The van der Waals surface area contributed by atoms with Crippen molar-refractivity contribution >= 4 is 56.6 Å². The largest absolute Gasteiger partial charge is 0.383 e. The Morgan fingerprint density at radius 2 is 1.69 bits per heavy atom. The number of thiophene rings is 1. The van der Waals surface area contributed by atoms with Crippen LogP contribution in [0.4, 0.5) is 5.82 Å². The second-order valence-corrected chi connectivity index (χ2v) is 9.86. The summed E-state index contributed by atoms with van der Waals surface area (Å²) in [5.74, 6) is -0.0463. The van der Waals surface area contributed by atoms with Gasteiger partial charge in [0.15, 0.2) is 0 Å². The molecule has 0 aliphatic heterocycles. The van der Waals surface area contributed by atoms with Crippen LogP contribution in [-0.4, -0.2) is 20.7 Å². The number of hydrogen-bond donors (Lipinski definition) is 1. The number of nitrogens with two attached hydrogens (primary N) is 1. The molecule has 35 heavy (non-hydrogen) atoms. The highest BCUT2D eigenvalue weighted by Gasteiger charge is 2.28. The van der Waals surface area contributed by atoms with E-state index in [2.05, 4.69) is 17.1 Å². The highest BCUT2D eigenvalue weighted by Crippen LogP contribution is 2.39. The van der Waals surface area contributed by atoms with Gasteiger partial charge >= 0.3 is 0 Å². The van der Waals surface area contributed by atoms with Crippen molar-refractivity contribution in [3.8, 4) is 23.3 Å². The van der Waals surface area contributed by atoms with Gasteiger partial charge in [0.05, 0.1) is 21.8 Å². The summed E-state index contributed by atoms with van der Waals surface area (Å²) in [5.41, 5.74) is 9.46. The lowest BCUT2D eigenvalue weighted by Gasteiger charge is -2.18. The first-order valence-electron chi connectivity index (χ1n) is 10.9. The number of carbonyl (C=O) groups is 1. The lowest BCUT2D eigenvalue weighted by molar-refractivity contribution is 0.0919. The molecule has 5 rings (SSSR count). The number of benzene rings is 2. The fourth-order valence-electron chi connectivity index (χ4n) is 4.33. The molecule has 5 aromatic rings. The zero-order valence-electron chi connectivity index (χ0n) is 18.7. The summed E-state index contributed by atoms with van der Waals surface area (Å²) < 4.78 is 1.75. The third-order valence-electron chi connectivity index (χ3n) is 5.93. The van der Waals surface area contributed by atoms with Gasteiger partial charge in [-0.15, -0.1) is 0 Å². The van der Waals surface area contributed by atoms with Gasteiger partial charge in [-0.25, -0.2) is 4.98 Å². The van der Waals surface area contributed by atoms with E-state index in [0.29, 0.717) is 17.0 Å². The maximum absolute atomic E-state index is 13.9. The number of anilines is 1. The standard InChI is InChI=1S/C27H19N5OS2/c1-2-23(27(33)32-21-9-5-3-7-17(21)18-8-4-6-10-22(18)32)35-26-20(14-29)24(16-11-12-34-15-16)19(13-28)25(30)31-26/h3-12,15,23H,2H2,1H3,(H2,30,31). The Labute approximate surface area is 210 Å². The van der Waals surface area contributed by atoms with E-state index in [9.17, 15) is 15.3 Å². The molecule has 0 spiro atoms. The van der Waals surface area contributed by atoms with Gasteiger partial charge in [0.1, 0.15) is 28.5 Å². The summed E-state index contributed by atoms with van der Waals surface area (Å²) in [6.45, 7) is 1.93. The number of fused-ring (bicyclic) bond motifs is 3. The van der Waals surface area contributed by atoms with Gasteiger partial charge in [-0.3, -0.25) is 9.36 Å². The summed E-state index contributed by atoms with van der Waals surface area (Å²) in [6, 6.07) is 21.8. The Hall–Kier alpha value is -4.11. The minimum Gasteiger partial charge on any atom is -0.383 e. The highest BCUT2D eigenvalue weighted by atomic mass is 32.2. The topological polar surface area (TPSA) is 108 Å². The van der Waals surface area contributed by atoms with E-state index >= 15 is 0 Å². The Bertz CT molecular complexity index is 1620. The molecule has 2 aromatic carbocycles. The quantitative estimate of drug-likeness (QED) is 0.282. The second-order valence-electron chi connectivity index (χ2n) is 7.89. The number of nitriles is 2. The van der Waals surface area contributed by atoms with Crippen molar-refractivity contribution in [2.45, 2.75) is 23.6 Å². The molecule has 0 saturated heterocycles. The summed E-state index contributed by atoms with van der Waals surface area (Å²) in [6.07, 6.45) is 0.518. The molecule has 0 radical (unpaired) electrons. The normalized spacial score (nSPS) is 11.9. The molecule has 1 unspecified atom stereocenters. The van der Waals surface area contributed by atoms with Crippen molar-refractivity contribution in [1.82, 2.24) is 9.55 Å². The third kappa shape index (κ3) is 3.74. The zero-order valence-corrected chi connectivity index (χ0v) is 20.4. The minimum absolute atomic E-state index is 0.0503. The average molecular weight is 494 g/mol. The zero-order chi connectivity index (χ0) is 24.5. The number of para-hydroxylation sites is 2. The maximum atomic E-state index is 13.9. The molecular formula is C27H19N5OS2. The first kappa shape index (κ1) is 22.7. The van der Waals surface area contributed by atoms with Gasteiger partial charge < -0.3 is 5.73 Å². The van der Waals surface area contributed by atoms with Crippen molar-refractivity contribution in [3.05, 3.63) is 76.5 Å². The van der Waals surface area contributed by atoms with Crippen LogP contribution in [0.5, 0.6) is 0 Å². The van der Waals surface area contributed by atoms with E-state index in [1.807, 2.05) is 72.3 Å². The van der Waals surface area contributed by atoms with Gasteiger partial charge in [0.2, 0.25) is 5.91 Å². The van der Waals surface area contributed by atoms with Crippen molar-refractivity contribution in [2.24, 2.45) is 0 Å². The molecule has 0 amide bonds. The number of aromatic nitrogens is 2. The van der Waals surface area contributed by atoms with Crippen LogP contribution in [-0.2, 0) is 0 Å². The number of pyridine rings is 1. The number of nitrogens with zero attached hydrogens (tertiary/aromatic N) is 4. The van der Waals surface area contributed by atoms with E-state index < -0.39 is 5.25 Å². The van der Waals surface area contributed by atoms with Crippen LogP contribution in [0.3, 0.4) is 0 Å². The molecule has 2 N–H and O–H groups in total. The molecule has 0 aliphatic rings. The summed E-state index contributed by atoms with van der Waals surface area (Å²) >= 11 is 2.68. The predicted molar refractivity (Wildman–Crippen MR) is 141 cm³/mol. The molecule has 8 heteroatoms. The SMILES string of the molecule is CCC(Sc1nc(N)c(C#N)c(-c2ccsc2)c1C#N)C(=O)n1c2ccccc2c2ccccc21. The van der Waals surface area contributed by atoms with Gasteiger partial charge in [0.25, 0.3) is 0 Å². The predicted octanol–water partition coefficient (Wildman–Crippen LogP) is 6.45. The fourth-order valence-corrected chi connectivity index (χ4v) is 6.03. The molecular weight excluding hydrogens is 474 g/mol. The van der Waals surface area contributed by atoms with E-state index in [4.69, 9.17) is 5.73 Å². The van der Waals surface area contributed by atoms with Crippen molar-refractivity contribution < 1.29 is 4.79 Å². The Morgan fingerprint density at radius 3 is 2.23 bits per heavy atom. The molecule has 0 bridgehead atoms. The van der Waals surface area contributed by atoms with Crippen LogP contribution < -0.4 is 5.73 Å². The van der Waals surface area contributed by atoms with Gasteiger partial charge in [0, 0.05) is 16.3 Å². The number of nitrogen functional groups attached to an aromatic ring is 1. The Balaban J connectivity index is 1.64. The third-order valence-corrected chi connectivity index (χ3v) is 7.95. The number of hydrogen-bond acceptors (Lipinski definition) is 7. The molecule has 0 aliphatic carbocycles. The van der Waals surface area contributed by atoms with Crippen LogP contribution in [0.15, 0.2) is 70.4 Å².